The van der Waals surface area contributed by atoms with Crippen molar-refractivity contribution in [2.75, 3.05) is 58.1 Å². The van der Waals surface area contributed by atoms with Crippen molar-refractivity contribution in [3.63, 3.8) is 0 Å². The van der Waals surface area contributed by atoms with E-state index in [1.165, 1.54) is 52.1 Å². The Morgan fingerprint density at radius 1 is 0.829 bits per heavy atom. The molecule has 9 nitrogen and oxygen atoms in total. The average molecular weight is 553 g/mol. The highest BCUT2D eigenvalue weighted by molar-refractivity contribution is 5.98. The third-order valence-electron chi connectivity index (χ3n) is 9.09. The molecule has 2 unspecified atom stereocenters. The SMILES string of the molecule is Nc1ncnc2c1c(-c1ccc(Oc3ccccc3)cc1)nn2C1CCN(CC2CCN(CC3CCNC3)C2)CC1. The van der Waals surface area contributed by atoms with Crippen molar-refractivity contribution in [2.45, 2.75) is 31.7 Å². The minimum atomic E-state index is 0.299. The Kier molecular flexibility index (Phi) is 7.56. The first-order valence-corrected chi connectivity index (χ1v) is 15.2. The van der Waals surface area contributed by atoms with Crippen LogP contribution in [-0.2, 0) is 0 Å². The van der Waals surface area contributed by atoms with Crippen LogP contribution in [0.2, 0.25) is 0 Å². The molecule has 41 heavy (non-hydrogen) atoms. The molecule has 2 aromatic carbocycles. The van der Waals surface area contributed by atoms with E-state index in [1.807, 2.05) is 54.6 Å². The summed E-state index contributed by atoms with van der Waals surface area (Å²) < 4.78 is 8.10. The lowest BCUT2D eigenvalue weighted by Crippen LogP contribution is -2.39. The van der Waals surface area contributed by atoms with Gasteiger partial charge in [0.2, 0.25) is 0 Å². The highest BCUT2D eigenvalue weighted by Gasteiger charge is 2.30. The minimum absolute atomic E-state index is 0.299. The summed E-state index contributed by atoms with van der Waals surface area (Å²) in [6, 6.07) is 18.1. The molecular formula is C32H40N8O. The van der Waals surface area contributed by atoms with Crippen LogP contribution >= 0.6 is 0 Å². The van der Waals surface area contributed by atoms with E-state index in [1.54, 1.807) is 6.33 Å². The molecule has 3 aliphatic rings. The molecule has 9 heteroatoms. The Hall–Kier alpha value is -3.53. The van der Waals surface area contributed by atoms with Gasteiger partial charge in [-0.2, -0.15) is 5.10 Å². The predicted molar refractivity (Wildman–Crippen MR) is 162 cm³/mol. The second-order valence-electron chi connectivity index (χ2n) is 12.0. The lowest BCUT2D eigenvalue weighted by Gasteiger charge is -2.33. The number of aromatic nitrogens is 4. The number of nitrogens with two attached hydrogens (primary N) is 1. The summed E-state index contributed by atoms with van der Waals surface area (Å²) in [7, 11) is 0. The number of piperidine rings is 1. The van der Waals surface area contributed by atoms with Gasteiger partial charge < -0.3 is 25.6 Å². The Balaban J connectivity index is 1.02. The number of nitrogen functional groups attached to an aromatic ring is 1. The van der Waals surface area contributed by atoms with Gasteiger partial charge in [0, 0.05) is 38.3 Å². The lowest BCUT2D eigenvalue weighted by atomic mass is 10.0. The van der Waals surface area contributed by atoms with Crippen LogP contribution in [0.3, 0.4) is 0 Å². The fourth-order valence-electron chi connectivity index (χ4n) is 6.93. The van der Waals surface area contributed by atoms with Crippen molar-refractivity contribution in [3.8, 4) is 22.8 Å². The van der Waals surface area contributed by atoms with Crippen molar-refractivity contribution >= 4 is 16.9 Å². The lowest BCUT2D eigenvalue weighted by molar-refractivity contribution is 0.157. The van der Waals surface area contributed by atoms with Crippen molar-refractivity contribution in [3.05, 3.63) is 60.9 Å². The van der Waals surface area contributed by atoms with Gasteiger partial charge in [0.15, 0.2) is 5.65 Å². The number of hydrogen-bond donors (Lipinski definition) is 2. The van der Waals surface area contributed by atoms with Crippen LogP contribution in [0.1, 0.15) is 31.7 Å². The van der Waals surface area contributed by atoms with Crippen LogP contribution in [0.25, 0.3) is 22.3 Å². The van der Waals surface area contributed by atoms with Gasteiger partial charge in [0.25, 0.3) is 0 Å². The van der Waals surface area contributed by atoms with E-state index >= 15 is 0 Å². The van der Waals surface area contributed by atoms with E-state index in [4.69, 9.17) is 15.6 Å². The Labute approximate surface area is 241 Å². The first kappa shape index (κ1) is 26.4. The molecule has 0 saturated carbocycles. The highest BCUT2D eigenvalue weighted by Crippen LogP contribution is 2.35. The third-order valence-corrected chi connectivity index (χ3v) is 9.09. The van der Waals surface area contributed by atoms with Gasteiger partial charge in [0.1, 0.15) is 29.3 Å². The Morgan fingerprint density at radius 2 is 1.59 bits per heavy atom. The van der Waals surface area contributed by atoms with Gasteiger partial charge in [0.05, 0.1) is 11.4 Å². The number of fused-ring (bicyclic) bond motifs is 1. The average Bonchev–Trinajstić information content (AvgIpc) is 3.76. The van der Waals surface area contributed by atoms with Gasteiger partial charge in [-0.15, -0.1) is 0 Å². The molecule has 0 radical (unpaired) electrons. The Morgan fingerprint density at radius 3 is 2.37 bits per heavy atom. The molecule has 0 aliphatic carbocycles. The van der Waals surface area contributed by atoms with Crippen LogP contribution in [0.15, 0.2) is 60.9 Å². The van der Waals surface area contributed by atoms with Gasteiger partial charge in [-0.25, -0.2) is 14.6 Å². The smallest absolute Gasteiger partial charge is 0.164 e. The Bertz CT molecular complexity index is 1440. The van der Waals surface area contributed by atoms with E-state index in [9.17, 15) is 0 Å². The summed E-state index contributed by atoms with van der Waals surface area (Å²) in [5.41, 5.74) is 9.03. The first-order valence-electron chi connectivity index (χ1n) is 15.2. The number of likely N-dealkylation sites (tertiary alicyclic amines) is 2. The predicted octanol–water partition coefficient (Wildman–Crippen LogP) is 4.44. The molecule has 0 bridgehead atoms. The van der Waals surface area contributed by atoms with Crippen LogP contribution in [0.5, 0.6) is 11.5 Å². The van der Waals surface area contributed by atoms with Crippen molar-refractivity contribution < 1.29 is 4.74 Å². The van der Waals surface area contributed by atoms with Crippen molar-refractivity contribution in [1.29, 1.82) is 0 Å². The molecule has 3 N–H and O–H groups in total. The normalized spacial score (nSPS) is 22.5. The van der Waals surface area contributed by atoms with Crippen LogP contribution in [-0.4, -0.2) is 81.9 Å². The van der Waals surface area contributed by atoms with E-state index < -0.39 is 0 Å². The first-order chi connectivity index (χ1) is 20.2. The number of nitrogens with one attached hydrogen (secondary N) is 1. The highest BCUT2D eigenvalue weighted by atomic mass is 16.5. The van der Waals surface area contributed by atoms with E-state index in [0.717, 1.165) is 71.6 Å². The van der Waals surface area contributed by atoms with Crippen molar-refractivity contribution in [1.82, 2.24) is 34.9 Å². The third kappa shape index (κ3) is 5.80. The molecule has 0 spiro atoms. The second kappa shape index (κ2) is 11.8. The van der Waals surface area contributed by atoms with Gasteiger partial charge in [-0.3, -0.25) is 0 Å². The zero-order chi connectivity index (χ0) is 27.6. The molecule has 4 aromatic rings. The number of rotatable bonds is 8. The number of nitrogens with zero attached hydrogens (tertiary/aromatic N) is 6. The molecule has 0 amide bonds. The monoisotopic (exact) mass is 552 g/mol. The molecular weight excluding hydrogens is 512 g/mol. The maximum Gasteiger partial charge on any atom is 0.164 e. The van der Waals surface area contributed by atoms with Crippen LogP contribution in [0.4, 0.5) is 5.82 Å². The fraction of sp³-hybridized carbons (Fsp3) is 0.469. The van der Waals surface area contributed by atoms with E-state index in [0.29, 0.717) is 11.9 Å². The standard InChI is InChI=1S/C32H40N8O/c33-31-29-30(25-6-8-28(9-7-25)41-27-4-2-1-3-5-27)37-40(32(29)36-22-35-31)26-12-16-38(17-13-26)20-24-11-15-39(21-24)19-23-10-14-34-18-23/h1-9,22-24,26,34H,10-21H2,(H2,33,35,36). The number of anilines is 1. The number of benzene rings is 2. The number of hydrogen-bond acceptors (Lipinski definition) is 8. The molecule has 214 valence electrons. The largest absolute Gasteiger partial charge is 0.457 e. The zero-order valence-electron chi connectivity index (χ0n) is 23.7. The van der Waals surface area contributed by atoms with E-state index in [-0.39, 0.29) is 0 Å². The summed E-state index contributed by atoms with van der Waals surface area (Å²) in [6.45, 7) is 9.58. The summed E-state index contributed by atoms with van der Waals surface area (Å²) >= 11 is 0. The summed E-state index contributed by atoms with van der Waals surface area (Å²) in [5, 5.41) is 9.45. The topological polar surface area (TPSA) is 97.4 Å². The molecule has 3 fully saturated rings. The fourth-order valence-corrected chi connectivity index (χ4v) is 6.93. The number of para-hydroxylation sites is 1. The second-order valence-corrected chi connectivity index (χ2v) is 12.0. The molecule has 3 aliphatic heterocycles. The minimum Gasteiger partial charge on any atom is -0.457 e. The summed E-state index contributed by atoms with van der Waals surface area (Å²) in [4.78, 5) is 14.3. The van der Waals surface area contributed by atoms with Crippen molar-refractivity contribution in [2.24, 2.45) is 11.8 Å². The van der Waals surface area contributed by atoms with E-state index in [2.05, 4.69) is 29.8 Å². The van der Waals surface area contributed by atoms with Gasteiger partial charge in [-0.1, -0.05) is 18.2 Å². The molecule has 2 aromatic heterocycles. The van der Waals surface area contributed by atoms with Gasteiger partial charge in [-0.05, 0) is 93.6 Å². The van der Waals surface area contributed by atoms with Gasteiger partial charge >= 0.3 is 0 Å². The number of ether oxygens (including phenoxy) is 1. The van der Waals surface area contributed by atoms with Crippen LogP contribution in [0, 0.1) is 11.8 Å². The maximum atomic E-state index is 6.40. The quantitative estimate of drug-likeness (QED) is 0.331. The molecule has 3 saturated heterocycles. The zero-order valence-corrected chi connectivity index (χ0v) is 23.7. The maximum absolute atomic E-state index is 6.40. The molecule has 5 heterocycles. The molecule has 7 rings (SSSR count). The van der Waals surface area contributed by atoms with Crippen LogP contribution < -0.4 is 15.8 Å². The summed E-state index contributed by atoms with van der Waals surface area (Å²) in [5.74, 6) is 3.70. The summed E-state index contributed by atoms with van der Waals surface area (Å²) in [6.07, 6.45) is 6.35. The molecule has 2 atom stereocenters.